The Labute approximate surface area is 101 Å². The summed E-state index contributed by atoms with van der Waals surface area (Å²) in [6, 6.07) is 5.17. The quantitative estimate of drug-likeness (QED) is 0.474. The molecule has 18 heavy (non-hydrogen) atoms. The van der Waals surface area contributed by atoms with E-state index < -0.39 is 10.9 Å². The molecule has 2 rings (SSSR count). The molecular formula is C11H8FN3O3. The molecule has 0 unspecified atom stereocenters. The van der Waals surface area contributed by atoms with Gasteiger partial charge in [0.1, 0.15) is 12.1 Å². The fraction of sp³-hybridized carbons (Fsp3) is 0.0909. The number of non-ortho nitro benzene ring substituents is 1. The fourth-order valence-electron chi connectivity index (χ4n) is 1.30. The second kappa shape index (κ2) is 4.74. The van der Waals surface area contributed by atoms with Crippen molar-refractivity contribution < 1.29 is 14.1 Å². The summed E-state index contributed by atoms with van der Waals surface area (Å²) in [7, 11) is 0. The van der Waals surface area contributed by atoms with E-state index in [-0.39, 0.29) is 17.3 Å². The lowest BCUT2D eigenvalue weighted by molar-refractivity contribution is -0.384. The van der Waals surface area contributed by atoms with Gasteiger partial charge in [-0.05, 0) is 18.6 Å². The summed E-state index contributed by atoms with van der Waals surface area (Å²) in [5, 5.41) is 10.6. The molecule has 0 atom stereocenters. The van der Waals surface area contributed by atoms with Crippen molar-refractivity contribution in [1.82, 2.24) is 9.97 Å². The lowest BCUT2D eigenvalue weighted by Gasteiger charge is -2.06. The number of halogens is 1. The van der Waals surface area contributed by atoms with Crippen molar-refractivity contribution in [3.8, 4) is 11.6 Å². The smallest absolute Gasteiger partial charge is 0.273 e. The second-order valence-electron chi connectivity index (χ2n) is 3.49. The molecule has 0 bridgehead atoms. The Hall–Kier alpha value is -2.57. The van der Waals surface area contributed by atoms with E-state index in [1.807, 2.05) is 0 Å². The maximum Gasteiger partial charge on any atom is 0.273 e. The fourth-order valence-corrected chi connectivity index (χ4v) is 1.30. The highest BCUT2D eigenvalue weighted by Crippen LogP contribution is 2.27. The van der Waals surface area contributed by atoms with Gasteiger partial charge in [-0.2, -0.15) is 4.39 Å². The Balaban J connectivity index is 2.33. The highest BCUT2D eigenvalue weighted by molar-refractivity contribution is 5.44. The molecule has 0 aliphatic carbocycles. The van der Waals surface area contributed by atoms with Gasteiger partial charge in [-0.1, -0.05) is 0 Å². The van der Waals surface area contributed by atoms with E-state index in [2.05, 4.69) is 9.97 Å². The minimum absolute atomic E-state index is 0.00824. The van der Waals surface area contributed by atoms with Crippen molar-refractivity contribution in [2.75, 3.05) is 0 Å². The highest BCUT2D eigenvalue weighted by Gasteiger charge is 2.11. The maximum atomic E-state index is 12.8. The molecule has 0 saturated heterocycles. The second-order valence-corrected chi connectivity index (χ2v) is 3.49. The number of aromatic nitrogens is 2. The predicted octanol–water partition coefficient (Wildman–Crippen LogP) is 2.62. The molecule has 1 heterocycles. The number of benzene rings is 1. The number of nitro benzene ring substituents is 1. The van der Waals surface area contributed by atoms with E-state index in [1.165, 1.54) is 12.1 Å². The highest BCUT2D eigenvalue weighted by atomic mass is 19.1. The van der Waals surface area contributed by atoms with Crippen molar-refractivity contribution in [3.63, 3.8) is 0 Å². The van der Waals surface area contributed by atoms with E-state index in [9.17, 15) is 14.5 Å². The largest absolute Gasteiger partial charge is 0.438 e. The maximum absolute atomic E-state index is 12.8. The van der Waals surface area contributed by atoms with Gasteiger partial charge >= 0.3 is 0 Å². The van der Waals surface area contributed by atoms with E-state index in [1.54, 1.807) is 13.0 Å². The van der Waals surface area contributed by atoms with E-state index in [0.717, 1.165) is 12.4 Å². The minimum atomic E-state index is -0.733. The van der Waals surface area contributed by atoms with Gasteiger partial charge in [0.15, 0.2) is 0 Å². The standard InChI is InChI=1S/C11H8FN3O3/c1-7-2-3-8(15(16)17)4-9(7)18-11-5-10(12)13-6-14-11/h2-6H,1H3. The topological polar surface area (TPSA) is 78.2 Å². The van der Waals surface area contributed by atoms with E-state index in [0.29, 0.717) is 5.56 Å². The first-order chi connectivity index (χ1) is 8.56. The Morgan fingerprint density at radius 1 is 1.33 bits per heavy atom. The third-order valence-electron chi connectivity index (χ3n) is 2.21. The lowest BCUT2D eigenvalue weighted by atomic mass is 10.2. The normalized spacial score (nSPS) is 10.1. The molecule has 0 aliphatic rings. The van der Waals surface area contributed by atoms with Crippen LogP contribution in [-0.2, 0) is 0 Å². The van der Waals surface area contributed by atoms with Crippen LogP contribution in [0.3, 0.4) is 0 Å². The number of nitro groups is 1. The van der Waals surface area contributed by atoms with Crippen LogP contribution in [0.2, 0.25) is 0 Å². The number of hydrogen-bond donors (Lipinski definition) is 0. The zero-order chi connectivity index (χ0) is 13.1. The minimum Gasteiger partial charge on any atom is -0.438 e. The van der Waals surface area contributed by atoms with Gasteiger partial charge in [0.25, 0.3) is 5.69 Å². The molecule has 92 valence electrons. The molecule has 0 spiro atoms. The van der Waals surface area contributed by atoms with Crippen LogP contribution < -0.4 is 4.74 Å². The SMILES string of the molecule is Cc1ccc([N+](=O)[O-])cc1Oc1cc(F)ncn1. The molecular weight excluding hydrogens is 241 g/mol. The summed E-state index contributed by atoms with van der Waals surface area (Å²) >= 11 is 0. The van der Waals surface area contributed by atoms with Gasteiger partial charge in [0.2, 0.25) is 11.8 Å². The van der Waals surface area contributed by atoms with Gasteiger partial charge in [-0.25, -0.2) is 9.97 Å². The van der Waals surface area contributed by atoms with Gasteiger partial charge in [-0.3, -0.25) is 10.1 Å². The van der Waals surface area contributed by atoms with Crippen molar-refractivity contribution in [3.05, 3.63) is 52.2 Å². The van der Waals surface area contributed by atoms with Gasteiger partial charge < -0.3 is 4.74 Å². The average Bonchev–Trinajstić information content (AvgIpc) is 2.31. The van der Waals surface area contributed by atoms with E-state index >= 15 is 0 Å². The van der Waals surface area contributed by atoms with Gasteiger partial charge in [-0.15, -0.1) is 0 Å². The van der Waals surface area contributed by atoms with Gasteiger partial charge in [0, 0.05) is 6.07 Å². The van der Waals surface area contributed by atoms with Crippen molar-refractivity contribution in [1.29, 1.82) is 0 Å². The van der Waals surface area contributed by atoms with Gasteiger partial charge in [0.05, 0.1) is 17.1 Å². The monoisotopic (exact) mass is 249 g/mol. The molecule has 2 aromatic rings. The molecule has 1 aromatic carbocycles. The number of aryl methyl sites for hydroxylation is 1. The average molecular weight is 249 g/mol. The molecule has 0 amide bonds. The number of rotatable bonds is 3. The van der Waals surface area contributed by atoms with Crippen LogP contribution >= 0.6 is 0 Å². The van der Waals surface area contributed by atoms with Crippen LogP contribution in [0.5, 0.6) is 11.6 Å². The van der Waals surface area contributed by atoms with Crippen LogP contribution in [0.15, 0.2) is 30.6 Å². The van der Waals surface area contributed by atoms with Crippen molar-refractivity contribution in [2.45, 2.75) is 6.92 Å². The third-order valence-corrected chi connectivity index (χ3v) is 2.21. The molecule has 0 aliphatic heterocycles. The summed E-state index contributed by atoms with van der Waals surface area (Å²) < 4.78 is 18.1. The van der Waals surface area contributed by atoms with Crippen LogP contribution in [0.25, 0.3) is 0 Å². The van der Waals surface area contributed by atoms with Crippen LogP contribution in [0.4, 0.5) is 10.1 Å². The van der Waals surface area contributed by atoms with Crippen molar-refractivity contribution in [2.24, 2.45) is 0 Å². The third kappa shape index (κ3) is 2.57. The van der Waals surface area contributed by atoms with Crippen LogP contribution in [-0.4, -0.2) is 14.9 Å². The van der Waals surface area contributed by atoms with Crippen molar-refractivity contribution >= 4 is 5.69 Å². The summed E-state index contributed by atoms with van der Waals surface area (Å²) in [5.41, 5.74) is 0.574. The first-order valence-corrected chi connectivity index (χ1v) is 4.96. The first-order valence-electron chi connectivity index (χ1n) is 4.96. The molecule has 0 fully saturated rings. The number of ether oxygens (including phenoxy) is 1. The Morgan fingerprint density at radius 3 is 2.78 bits per heavy atom. The number of hydrogen-bond acceptors (Lipinski definition) is 5. The molecule has 7 heteroatoms. The molecule has 0 radical (unpaired) electrons. The predicted molar refractivity (Wildman–Crippen MR) is 59.9 cm³/mol. The zero-order valence-electron chi connectivity index (χ0n) is 9.33. The van der Waals surface area contributed by atoms with E-state index in [4.69, 9.17) is 4.74 Å². The molecule has 6 nitrogen and oxygen atoms in total. The van der Waals surface area contributed by atoms with Crippen LogP contribution in [0.1, 0.15) is 5.56 Å². The Bertz CT molecular complexity index is 604. The molecule has 0 N–H and O–H groups in total. The Morgan fingerprint density at radius 2 is 2.11 bits per heavy atom. The Kier molecular flexibility index (Phi) is 3.13. The molecule has 0 saturated carbocycles. The molecule has 1 aromatic heterocycles. The zero-order valence-corrected chi connectivity index (χ0v) is 9.33. The summed E-state index contributed by atoms with van der Waals surface area (Å²) in [6.45, 7) is 1.72. The summed E-state index contributed by atoms with van der Waals surface area (Å²) in [5.74, 6) is -0.489. The van der Waals surface area contributed by atoms with Crippen LogP contribution in [0, 0.1) is 23.0 Å². The first kappa shape index (κ1) is 11.9. The summed E-state index contributed by atoms with van der Waals surface area (Å²) in [6.07, 6.45) is 1.01. The number of nitrogens with zero attached hydrogens (tertiary/aromatic N) is 3. The summed E-state index contributed by atoms with van der Waals surface area (Å²) in [4.78, 5) is 17.1. The lowest BCUT2D eigenvalue weighted by Crippen LogP contribution is -1.94.